The zero-order valence-corrected chi connectivity index (χ0v) is 10.0. The molecule has 1 aliphatic rings. The molecule has 0 amide bonds. The van der Waals surface area contributed by atoms with Gasteiger partial charge in [-0.05, 0) is 25.7 Å². The summed E-state index contributed by atoms with van der Waals surface area (Å²) in [7, 11) is 0. The van der Waals surface area contributed by atoms with Crippen molar-refractivity contribution in [3.05, 3.63) is 12.3 Å². The van der Waals surface area contributed by atoms with Crippen molar-refractivity contribution in [3.63, 3.8) is 0 Å². The molecule has 0 saturated heterocycles. The van der Waals surface area contributed by atoms with Crippen LogP contribution in [0.25, 0.3) is 0 Å². The fourth-order valence-electron chi connectivity index (χ4n) is 2.99. The van der Waals surface area contributed by atoms with Crippen LogP contribution in [0.1, 0.15) is 53.4 Å². The molecule has 0 saturated carbocycles. The monoisotopic (exact) mass is 193 g/mol. The van der Waals surface area contributed by atoms with E-state index in [1.54, 1.807) is 0 Å². The average Bonchev–Trinajstić information content (AvgIpc) is 2.28. The van der Waals surface area contributed by atoms with E-state index < -0.39 is 0 Å². The van der Waals surface area contributed by atoms with Gasteiger partial charge < -0.3 is 0 Å². The Labute approximate surface area is 88.3 Å². The number of hydrogen-bond acceptors (Lipinski definition) is 1. The summed E-state index contributed by atoms with van der Waals surface area (Å²) in [5, 5.41) is 0. The summed E-state index contributed by atoms with van der Waals surface area (Å²) in [4.78, 5) is 4.36. The number of aliphatic imine (C=N–C) groups is 1. The average molecular weight is 193 g/mol. The molecule has 0 radical (unpaired) electrons. The fraction of sp³-hybridized carbons (Fsp3) is 0.769. The molecular weight excluding hydrogens is 170 g/mol. The van der Waals surface area contributed by atoms with Crippen molar-refractivity contribution < 1.29 is 0 Å². The van der Waals surface area contributed by atoms with Crippen LogP contribution in [0.5, 0.6) is 0 Å². The second-order valence-corrected chi connectivity index (χ2v) is 4.32. The molecule has 1 heterocycles. The number of nitrogens with zero attached hydrogens (tertiary/aromatic N) is 1. The van der Waals surface area contributed by atoms with E-state index in [4.69, 9.17) is 0 Å². The standard InChI is InChI=1S/C13H23N/c1-5-12(6-2)9-10-14-11-13(12,7-3)8-4/h9-11H,5-8H2,1-4H3. The zero-order valence-electron chi connectivity index (χ0n) is 10.0. The van der Waals surface area contributed by atoms with Crippen LogP contribution in [-0.4, -0.2) is 6.21 Å². The van der Waals surface area contributed by atoms with Crippen molar-refractivity contribution in [2.45, 2.75) is 53.4 Å². The number of rotatable bonds is 4. The highest BCUT2D eigenvalue weighted by molar-refractivity contribution is 5.70. The largest absolute Gasteiger partial charge is 0.269 e. The highest BCUT2D eigenvalue weighted by atomic mass is 14.7. The van der Waals surface area contributed by atoms with Crippen molar-refractivity contribution in [3.8, 4) is 0 Å². The highest BCUT2D eigenvalue weighted by Gasteiger charge is 2.44. The summed E-state index contributed by atoms with van der Waals surface area (Å²) in [6.07, 6.45) is 11.3. The van der Waals surface area contributed by atoms with E-state index in [0.717, 1.165) is 0 Å². The third kappa shape index (κ3) is 1.43. The summed E-state index contributed by atoms with van der Waals surface area (Å²) in [5.41, 5.74) is 0.642. The first-order valence-electron chi connectivity index (χ1n) is 5.92. The van der Waals surface area contributed by atoms with Gasteiger partial charge in [0.15, 0.2) is 0 Å². The first kappa shape index (κ1) is 11.5. The highest BCUT2D eigenvalue weighted by Crippen LogP contribution is 2.51. The van der Waals surface area contributed by atoms with Crippen LogP contribution >= 0.6 is 0 Å². The smallest absolute Gasteiger partial charge is 0.0230 e. The van der Waals surface area contributed by atoms with Crippen LogP contribution in [0, 0.1) is 10.8 Å². The lowest BCUT2D eigenvalue weighted by atomic mass is 9.57. The molecule has 1 heteroatoms. The van der Waals surface area contributed by atoms with Crippen LogP contribution in [-0.2, 0) is 0 Å². The Morgan fingerprint density at radius 2 is 1.36 bits per heavy atom. The molecule has 0 fully saturated rings. The van der Waals surface area contributed by atoms with Gasteiger partial charge in [-0.2, -0.15) is 0 Å². The zero-order chi connectivity index (χ0) is 10.7. The molecule has 0 aliphatic carbocycles. The predicted molar refractivity (Wildman–Crippen MR) is 63.7 cm³/mol. The lowest BCUT2D eigenvalue weighted by Crippen LogP contribution is -2.42. The fourth-order valence-corrected chi connectivity index (χ4v) is 2.99. The molecule has 14 heavy (non-hydrogen) atoms. The van der Waals surface area contributed by atoms with Gasteiger partial charge in [0.25, 0.3) is 0 Å². The van der Waals surface area contributed by atoms with E-state index >= 15 is 0 Å². The minimum atomic E-state index is 0.297. The summed E-state index contributed by atoms with van der Waals surface area (Å²) in [6, 6.07) is 0. The maximum atomic E-state index is 4.36. The molecule has 1 nitrogen and oxygen atoms in total. The van der Waals surface area contributed by atoms with Crippen LogP contribution in [0.3, 0.4) is 0 Å². The van der Waals surface area contributed by atoms with Gasteiger partial charge in [0.1, 0.15) is 0 Å². The Morgan fingerprint density at radius 3 is 1.71 bits per heavy atom. The van der Waals surface area contributed by atoms with Gasteiger partial charge in [-0.1, -0.05) is 33.8 Å². The van der Waals surface area contributed by atoms with Crippen LogP contribution in [0.2, 0.25) is 0 Å². The normalized spacial score (nSPS) is 22.6. The Kier molecular flexibility index (Phi) is 3.52. The van der Waals surface area contributed by atoms with Crippen molar-refractivity contribution in [2.24, 2.45) is 15.8 Å². The quantitative estimate of drug-likeness (QED) is 0.634. The molecule has 0 bridgehead atoms. The van der Waals surface area contributed by atoms with Crippen LogP contribution < -0.4 is 0 Å². The molecule has 0 N–H and O–H groups in total. The first-order chi connectivity index (χ1) is 6.70. The van der Waals surface area contributed by atoms with E-state index in [9.17, 15) is 0 Å². The van der Waals surface area contributed by atoms with Crippen molar-refractivity contribution in [1.82, 2.24) is 0 Å². The van der Waals surface area contributed by atoms with Crippen molar-refractivity contribution in [1.29, 1.82) is 0 Å². The third-order valence-electron chi connectivity index (χ3n) is 4.32. The van der Waals surface area contributed by atoms with Crippen molar-refractivity contribution >= 4 is 6.21 Å². The summed E-state index contributed by atoms with van der Waals surface area (Å²) >= 11 is 0. The molecule has 80 valence electrons. The van der Waals surface area contributed by atoms with Crippen molar-refractivity contribution in [2.75, 3.05) is 0 Å². The predicted octanol–water partition coefficient (Wildman–Crippen LogP) is 4.20. The van der Waals surface area contributed by atoms with Gasteiger partial charge in [0.2, 0.25) is 0 Å². The van der Waals surface area contributed by atoms with E-state index in [2.05, 4.69) is 45.0 Å². The van der Waals surface area contributed by atoms with Crippen LogP contribution in [0.4, 0.5) is 0 Å². The molecule has 0 aromatic carbocycles. The molecule has 0 spiro atoms. The van der Waals surface area contributed by atoms with E-state index in [0.29, 0.717) is 10.8 Å². The summed E-state index contributed by atoms with van der Waals surface area (Å²) in [5.74, 6) is 0. The van der Waals surface area contributed by atoms with E-state index in [1.807, 2.05) is 6.20 Å². The Balaban J connectivity index is 3.12. The lowest BCUT2D eigenvalue weighted by Gasteiger charge is -2.47. The van der Waals surface area contributed by atoms with Gasteiger partial charge in [0.05, 0.1) is 0 Å². The number of allylic oxidation sites excluding steroid dienone is 1. The Hall–Kier alpha value is -0.590. The number of hydrogen-bond donors (Lipinski definition) is 0. The van der Waals surface area contributed by atoms with E-state index in [-0.39, 0.29) is 0 Å². The topological polar surface area (TPSA) is 12.4 Å². The molecule has 0 unspecified atom stereocenters. The molecule has 1 aliphatic heterocycles. The summed E-state index contributed by atoms with van der Waals surface area (Å²) < 4.78 is 0. The maximum Gasteiger partial charge on any atom is 0.0230 e. The minimum Gasteiger partial charge on any atom is -0.269 e. The summed E-state index contributed by atoms with van der Waals surface area (Å²) in [6.45, 7) is 9.17. The minimum absolute atomic E-state index is 0.297. The SMILES string of the molecule is CCC1(CC)C=CN=CC1(CC)CC. The maximum absolute atomic E-state index is 4.36. The molecule has 0 atom stereocenters. The third-order valence-corrected chi connectivity index (χ3v) is 4.32. The molecule has 0 aromatic rings. The second kappa shape index (κ2) is 4.29. The molecular formula is C13H23N. The second-order valence-electron chi connectivity index (χ2n) is 4.32. The Bertz CT molecular complexity index is 204. The van der Waals surface area contributed by atoms with Gasteiger partial charge in [-0.25, -0.2) is 0 Å². The lowest BCUT2D eigenvalue weighted by molar-refractivity contribution is 0.136. The molecule has 1 rings (SSSR count). The van der Waals surface area contributed by atoms with E-state index in [1.165, 1.54) is 25.7 Å². The van der Waals surface area contributed by atoms with Crippen LogP contribution in [0.15, 0.2) is 17.3 Å². The van der Waals surface area contributed by atoms with Gasteiger partial charge in [-0.3, -0.25) is 4.99 Å². The first-order valence-corrected chi connectivity index (χ1v) is 5.92. The van der Waals surface area contributed by atoms with Gasteiger partial charge >= 0.3 is 0 Å². The van der Waals surface area contributed by atoms with Gasteiger partial charge in [-0.15, -0.1) is 0 Å². The Morgan fingerprint density at radius 1 is 0.857 bits per heavy atom. The molecule has 0 aromatic heterocycles. The van der Waals surface area contributed by atoms with Gasteiger partial charge in [0, 0.05) is 23.2 Å².